The second kappa shape index (κ2) is 13.3. The Kier molecular flexibility index (Phi) is 10.3. The van der Waals surface area contributed by atoms with E-state index in [0.717, 1.165) is 37.4 Å². The normalized spacial score (nSPS) is 12.6. The van der Waals surface area contributed by atoms with E-state index < -0.39 is 40.1 Å². The number of nitrogens with one attached hydrogen (secondary N) is 1. The van der Waals surface area contributed by atoms with E-state index in [1.807, 2.05) is 82.3 Å². The number of rotatable bonds is 11. The molecule has 0 heterocycles. The number of aryl methyl sites for hydroxylation is 1. The van der Waals surface area contributed by atoms with Crippen molar-refractivity contribution in [1.82, 2.24) is 14.5 Å². The first-order chi connectivity index (χ1) is 19.2. The van der Waals surface area contributed by atoms with Gasteiger partial charge in [0.2, 0.25) is 11.8 Å². The van der Waals surface area contributed by atoms with Crippen LogP contribution in [0.3, 0.4) is 0 Å². The molecule has 0 saturated carbocycles. The van der Waals surface area contributed by atoms with Crippen LogP contribution in [0.25, 0.3) is 0 Å². The van der Waals surface area contributed by atoms with Gasteiger partial charge in [-0.25, -0.2) is 8.70 Å². The molecule has 8 nitrogen and oxygen atoms in total. The minimum atomic E-state index is -4.15. The molecule has 0 aliphatic heterocycles. The van der Waals surface area contributed by atoms with Gasteiger partial charge in [0.1, 0.15) is 18.4 Å². The SMILES string of the molecule is Cc1ccccc1CN(C(=O)CN(c1ccc(F)cc1)S(=O)(=O)N(C)C)C(Cc1ccccc1)C(=O)NC(C)(C)C. The number of halogens is 1. The number of carbonyl (C=O) groups is 2. The van der Waals surface area contributed by atoms with Crippen LogP contribution in [0, 0.1) is 12.7 Å². The van der Waals surface area contributed by atoms with Gasteiger partial charge in [0, 0.05) is 32.6 Å². The third-order valence-electron chi connectivity index (χ3n) is 6.50. The predicted octanol–water partition coefficient (Wildman–Crippen LogP) is 4.30. The predicted molar refractivity (Wildman–Crippen MR) is 160 cm³/mol. The second-order valence-electron chi connectivity index (χ2n) is 11.2. The van der Waals surface area contributed by atoms with Crippen LogP contribution in [0.15, 0.2) is 78.9 Å². The van der Waals surface area contributed by atoms with Gasteiger partial charge in [0.05, 0.1) is 5.69 Å². The molecule has 220 valence electrons. The summed E-state index contributed by atoms with van der Waals surface area (Å²) in [6.45, 7) is 6.99. The van der Waals surface area contributed by atoms with Gasteiger partial charge in [0.15, 0.2) is 0 Å². The number of carbonyl (C=O) groups excluding carboxylic acids is 2. The van der Waals surface area contributed by atoms with E-state index in [0.29, 0.717) is 0 Å². The Hall–Kier alpha value is -3.76. The topological polar surface area (TPSA) is 90.0 Å². The van der Waals surface area contributed by atoms with Gasteiger partial charge in [-0.2, -0.15) is 12.7 Å². The average molecular weight is 583 g/mol. The van der Waals surface area contributed by atoms with Gasteiger partial charge in [-0.15, -0.1) is 0 Å². The molecule has 0 bridgehead atoms. The van der Waals surface area contributed by atoms with Crippen molar-refractivity contribution in [2.24, 2.45) is 0 Å². The lowest BCUT2D eigenvalue weighted by atomic mass is 10.00. The summed E-state index contributed by atoms with van der Waals surface area (Å²) in [5.74, 6) is -1.47. The molecule has 0 aliphatic carbocycles. The lowest BCUT2D eigenvalue weighted by molar-refractivity contribution is -0.140. The highest BCUT2D eigenvalue weighted by Gasteiger charge is 2.35. The molecule has 1 unspecified atom stereocenters. The molecular weight excluding hydrogens is 543 g/mol. The fourth-order valence-corrected chi connectivity index (χ4v) is 5.36. The van der Waals surface area contributed by atoms with Crippen LogP contribution >= 0.6 is 0 Å². The van der Waals surface area contributed by atoms with Gasteiger partial charge in [-0.3, -0.25) is 9.59 Å². The summed E-state index contributed by atoms with van der Waals surface area (Å²) < 4.78 is 42.4. The molecule has 10 heteroatoms. The molecule has 3 aromatic rings. The fraction of sp³-hybridized carbons (Fsp3) is 0.355. The quantitative estimate of drug-likeness (QED) is 0.365. The Morgan fingerprint density at radius 1 is 0.902 bits per heavy atom. The summed E-state index contributed by atoms with van der Waals surface area (Å²) in [6, 6.07) is 20.9. The number of anilines is 1. The third kappa shape index (κ3) is 8.61. The molecule has 3 rings (SSSR count). The maximum Gasteiger partial charge on any atom is 0.304 e. The van der Waals surface area contributed by atoms with E-state index in [9.17, 15) is 22.4 Å². The molecule has 1 atom stereocenters. The van der Waals surface area contributed by atoms with Crippen molar-refractivity contribution >= 4 is 27.7 Å². The number of hydrogen-bond donors (Lipinski definition) is 1. The standard InChI is InChI=1S/C31H39FN4O4S/c1-23-12-10-11-15-25(23)21-35(28(30(38)33-31(2,3)4)20-24-13-8-7-9-14-24)29(37)22-36(41(39,40)34(5)6)27-18-16-26(32)17-19-27/h7-19,28H,20-22H2,1-6H3,(H,33,38). The number of benzene rings is 3. The lowest BCUT2D eigenvalue weighted by Gasteiger charge is -2.36. The molecule has 0 aromatic heterocycles. The van der Waals surface area contributed by atoms with Crippen LogP contribution < -0.4 is 9.62 Å². The highest BCUT2D eigenvalue weighted by molar-refractivity contribution is 7.90. The van der Waals surface area contributed by atoms with E-state index in [1.165, 1.54) is 31.1 Å². The summed E-state index contributed by atoms with van der Waals surface area (Å²) in [7, 11) is -1.44. The molecule has 0 saturated heterocycles. The first kappa shape index (κ1) is 31.8. The lowest BCUT2D eigenvalue weighted by Crippen LogP contribution is -2.56. The van der Waals surface area contributed by atoms with Gasteiger partial charge in [-0.1, -0.05) is 54.6 Å². The van der Waals surface area contributed by atoms with Crippen LogP contribution in [-0.2, 0) is 32.8 Å². The maximum atomic E-state index is 14.2. The minimum absolute atomic E-state index is 0.0832. The van der Waals surface area contributed by atoms with Crippen molar-refractivity contribution in [3.63, 3.8) is 0 Å². The van der Waals surface area contributed by atoms with Crippen LogP contribution in [0.2, 0.25) is 0 Å². The second-order valence-corrected chi connectivity index (χ2v) is 13.2. The maximum absolute atomic E-state index is 14.2. The van der Waals surface area contributed by atoms with Crippen LogP contribution in [-0.4, -0.2) is 61.7 Å². The molecule has 41 heavy (non-hydrogen) atoms. The third-order valence-corrected chi connectivity index (χ3v) is 8.32. The highest BCUT2D eigenvalue weighted by Crippen LogP contribution is 2.23. The van der Waals surface area contributed by atoms with Gasteiger partial charge >= 0.3 is 10.2 Å². The Labute approximate surface area is 243 Å². The molecule has 1 N–H and O–H groups in total. The van der Waals surface area contributed by atoms with E-state index >= 15 is 0 Å². The van der Waals surface area contributed by atoms with Crippen LogP contribution in [0.1, 0.15) is 37.5 Å². The first-order valence-corrected chi connectivity index (χ1v) is 14.7. The molecule has 0 radical (unpaired) electrons. The minimum Gasteiger partial charge on any atom is -0.350 e. The summed E-state index contributed by atoms with van der Waals surface area (Å²) in [6.07, 6.45) is 0.220. The molecule has 0 aliphatic rings. The fourth-order valence-electron chi connectivity index (χ4n) is 4.30. The Bertz CT molecular complexity index is 1440. The summed E-state index contributed by atoms with van der Waals surface area (Å²) >= 11 is 0. The highest BCUT2D eigenvalue weighted by atomic mass is 32.2. The van der Waals surface area contributed by atoms with Crippen LogP contribution in [0.5, 0.6) is 0 Å². The summed E-state index contributed by atoms with van der Waals surface area (Å²) in [5.41, 5.74) is 2.16. The smallest absolute Gasteiger partial charge is 0.304 e. The number of hydrogen-bond acceptors (Lipinski definition) is 4. The first-order valence-electron chi connectivity index (χ1n) is 13.3. The Morgan fingerprint density at radius 2 is 1.49 bits per heavy atom. The molecule has 3 aromatic carbocycles. The zero-order chi connectivity index (χ0) is 30.4. The van der Waals surface area contributed by atoms with E-state index in [1.54, 1.807) is 0 Å². The van der Waals surface area contributed by atoms with Crippen molar-refractivity contribution in [2.75, 3.05) is 24.9 Å². The largest absolute Gasteiger partial charge is 0.350 e. The van der Waals surface area contributed by atoms with E-state index in [-0.39, 0.29) is 24.6 Å². The molecular formula is C31H39FN4O4S. The van der Waals surface area contributed by atoms with Crippen molar-refractivity contribution in [1.29, 1.82) is 0 Å². The Morgan fingerprint density at radius 3 is 2.05 bits per heavy atom. The summed E-state index contributed by atoms with van der Waals surface area (Å²) in [4.78, 5) is 29.5. The average Bonchev–Trinajstić information content (AvgIpc) is 2.90. The Balaban J connectivity index is 2.12. The summed E-state index contributed by atoms with van der Waals surface area (Å²) in [5, 5.41) is 3.00. The van der Waals surface area contributed by atoms with Crippen molar-refractivity contribution < 1.29 is 22.4 Å². The number of nitrogens with zero attached hydrogens (tertiary/aromatic N) is 3. The van der Waals surface area contributed by atoms with Crippen molar-refractivity contribution in [3.05, 3.63) is 101 Å². The van der Waals surface area contributed by atoms with Gasteiger partial charge in [-0.05, 0) is 68.7 Å². The molecule has 0 fully saturated rings. The monoisotopic (exact) mass is 582 g/mol. The van der Waals surface area contributed by atoms with Crippen molar-refractivity contribution in [2.45, 2.75) is 52.2 Å². The van der Waals surface area contributed by atoms with E-state index in [4.69, 9.17) is 0 Å². The van der Waals surface area contributed by atoms with E-state index in [2.05, 4.69) is 5.32 Å². The van der Waals surface area contributed by atoms with Crippen molar-refractivity contribution in [3.8, 4) is 0 Å². The zero-order valence-electron chi connectivity index (χ0n) is 24.5. The molecule has 0 spiro atoms. The number of amides is 2. The van der Waals surface area contributed by atoms with Crippen LogP contribution in [0.4, 0.5) is 10.1 Å². The molecule has 2 amide bonds. The van der Waals surface area contributed by atoms with Gasteiger partial charge < -0.3 is 10.2 Å². The van der Waals surface area contributed by atoms with Gasteiger partial charge in [0.25, 0.3) is 0 Å². The zero-order valence-corrected chi connectivity index (χ0v) is 25.3.